The van der Waals surface area contributed by atoms with Crippen molar-refractivity contribution in [2.75, 3.05) is 7.11 Å². The predicted octanol–water partition coefficient (Wildman–Crippen LogP) is 4.15. The molecule has 0 aromatic heterocycles. The summed E-state index contributed by atoms with van der Waals surface area (Å²) in [6.07, 6.45) is 1.20. The van der Waals surface area contributed by atoms with Gasteiger partial charge in [0.05, 0.1) is 25.9 Å². The molecular formula is C21H25FO3. The van der Waals surface area contributed by atoms with Crippen LogP contribution in [0.1, 0.15) is 18.1 Å². The fraction of sp³-hybridized carbons (Fsp3) is 0.333. The number of methoxy groups -OCH3 is 1. The van der Waals surface area contributed by atoms with Gasteiger partial charge in [0.15, 0.2) is 0 Å². The van der Waals surface area contributed by atoms with E-state index in [1.807, 2.05) is 31.2 Å². The number of ether oxygens (including phenoxy) is 2. The smallest absolute Gasteiger partial charge is 0.123 e. The summed E-state index contributed by atoms with van der Waals surface area (Å²) in [4.78, 5) is 0. The van der Waals surface area contributed by atoms with Crippen molar-refractivity contribution < 1.29 is 19.0 Å². The molecule has 0 amide bonds. The lowest BCUT2D eigenvalue weighted by Crippen LogP contribution is -2.32. The molecule has 0 spiro atoms. The minimum atomic E-state index is -0.698. The molecule has 3 atom stereocenters. The van der Waals surface area contributed by atoms with Gasteiger partial charge in [-0.3, -0.25) is 0 Å². The van der Waals surface area contributed by atoms with Gasteiger partial charge in [0.2, 0.25) is 0 Å². The van der Waals surface area contributed by atoms with Crippen molar-refractivity contribution in [3.8, 4) is 5.75 Å². The van der Waals surface area contributed by atoms with Crippen molar-refractivity contribution in [1.29, 1.82) is 0 Å². The fourth-order valence-electron chi connectivity index (χ4n) is 2.70. The van der Waals surface area contributed by atoms with Crippen molar-refractivity contribution in [3.63, 3.8) is 0 Å². The van der Waals surface area contributed by atoms with Crippen molar-refractivity contribution >= 4 is 0 Å². The lowest BCUT2D eigenvalue weighted by molar-refractivity contribution is -0.0218. The summed E-state index contributed by atoms with van der Waals surface area (Å²) >= 11 is 0. The van der Waals surface area contributed by atoms with E-state index < -0.39 is 6.10 Å². The second-order valence-corrected chi connectivity index (χ2v) is 6.08. The molecule has 0 heterocycles. The second-order valence-electron chi connectivity index (χ2n) is 6.08. The zero-order valence-electron chi connectivity index (χ0n) is 14.7. The monoisotopic (exact) mass is 344 g/mol. The van der Waals surface area contributed by atoms with Crippen LogP contribution in [0.2, 0.25) is 0 Å². The van der Waals surface area contributed by atoms with Crippen LogP contribution >= 0.6 is 0 Å². The first-order valence-corrected chi connectivity index (χ1v) is 8.33. The number of hydrogen-bond acceptors (Lipinski definition) is 3. The average Bonchev–Trinajstić information content (AvgIpc) is 2.65. The molecule has 134 valence electrons. The summed E-state index contributed by atoms with van der Waals surface area (Å²) in [5.74, 6) is 0.364. The molecule has 1 N–H and O–H groups in total. The number of rotatable bonds is 9. The third-order valence-corrected chi connectivity index (χ3v) is 4.34. The van der Waals surface area contributed by atoms with Gasteiger partial charge in [0.1, 0.15) is 11.6 Å². The summed E-state index contributed by atoms with van der Waals surface area (Å²) in [5, 5.41) is 10.3. The fourth-order valence-corrected chi connectivity index (χ4v) is 2.70. The van der Waals surface area contributed by atoms with Gasteiger partial charge in [-0.15, -0.1) is 6.58 Å². The first-order valence-electron chi connectivity index (χ1n) is 8.33. The molecule has 0 aliphatic rings. The third kappa shape index (κ3) is 5.69. The minimum Gasteiger partial charge on any atom is -0.497 e. The Bertz CT molecular complexity index is 652. The highest BCUT2D eigenvalue weighted by molar-refractivity contribution is 5.26. The van der Waals surface area contributed by atoms with E-state index in [4.69, 9.17) is 9.47 Å². The first kappa shape index (κ1) is 19.2. The van der Waals surface area contributed by atoms with Crippen molar-refractivity contribution in [2.24, 2.45) is 5.92 Å². The van der Waals surface area contributed by atoms with Gasteiger partial charge < -0.3 is 14.6 Å². The Morgan fingerprint density at radius 1 is 1.08 bits per heavy atom. The van der Waals surface area contributed by atoms with E-state index in [0.717, 1.165) is 16.9 Å². The lowest BCUT2D eigenvalue weighted by Gasteiger charge is -2.27. The van der Waals surface area contributed by atoms with E-state index in [0.29, 0.717) is 13.0 Å². The van der Waals surface area contributed by atoms with Crippen molar-refractivity contribution in [3.05, 3.63) is 78.1 Å². The zero-order chi connectivity index (χ0) is 18.2. The van der Waals surface area contributed by atoms with Crippen LogP contribution in [-0.4, -0.2) is 24.4 Å². The van der Waals surface area contributed by atoms with E-state index >= 15 is 0 Å². The molecule has 0 aliphatic heterocycles. The Kier molecular flexibility index (Phi) is 7.16. The van der Waals surface area contributed by atoms with Gasteiger partial charge in [-0.05, 0) is 48.7 Å². The van der Waals surface area contributed by atoms with Gasteiger partial charge in [0.25, 0.3) is 0 Å². The standard InChI is InChI=1S/C21H25FO3/c1-4-21(23)20(13-16-5-9-18(22)10-6-16)15(2)25-14-17-7-11-19(24-3)12-8-17/h4-12,15,20-21,23H,1,13-14H2,2-3H3/t15?,20-,21-/m0/s1. The maximum atomic E-state index is 13.1. The van der Waals surface area contributed by atoms with Crippen LogP contribution in [-0.2, 0) is 17.8 Å². The van der Waals surface area contributed by atoms with E-state index in [1.54, 1.807) is 19.2 Å². The Labute approximate surface area is 148 Å². The SMILES string of the molecule is C=C[C@H](O)[C@@H](Cc1ccc(F)cc1)C(C)OCc1ccc(OC)cc1. The zero-order valence-corrected chi connectivity index (χ0v) is 14.7. The molecule has 1 unspecified atom stereocenters. The van der Waals surface area contributed by atoms with Crippen molar-refractivity contribution in [2.45, 2.75) is 32.2 Å². The van der Waals surface area contributed by atoms with Crippen LogP contribution in [0.25, 0.3) is 0 Å². The maximum absolute atomic E-state index is 13.1. The molecule has 0 bridgehead atoms. The van der Waals surface area contributed by atoms with Crippen LogP contribution in [0.3, 0.4) is 0 Å². The predicted molar refractivity (Wildman–Crippen MR) is 97.0 cm³/mol. The van der Waals surface area contributed by atoms with Gasteiger partial charge in [0, 0.05) is 5.92 Å². The molecule has 3 nitrogen and oxygen atoms in total. The third-order valence-electron chi connectivity index (χ3n) is 4.34. The second kappa shape index (κ2) is 9.35. The molecule has 25 heavy (non-hydrogen) atoms. The van der Waals surface area contributed by atoms with Gasteiger partial charge in [-0.1, -0.05) is 30.3 Å². The van der Waals surface area contributed by atoms with Gasteiger partial charge in [-0.25, -0.2) is 4.39 Å². The number of benzene rings is 2. The molecular weight excluding hydrogens is 319 g/mol. The summed E-state index contributed by atoms with van der Waals surface area (Å²) < 4.78 is 24.2. The minimum absolute atomic E-state index is 0.166. The number of hydrogen-bond donors (Lipinski definition) is 1. The molecule has 0 saturated heterocycles. The summed E-state index contributed by atoms with van der Waals surface area (Å²) in [6, 6.07) is 14.0. The molecule has 0 radical (unpaired) electrons. The number of halogens is 1. The highest BCUT2D eigenvalue weighted by Crippen LogP contribution is 2.22. The van der Waals surface area contributed by atoms with Gasteiger partial charge in [-0.2, -0.15) is 0 Å². The van der Waals surface area contributed by atoms with Crippen LogP contribution < -0.4 is 4.74 Å². The first-order chi connectivity index (χ1) is 12.0. The van der Waals surface area contributed by atoms with Crippen LogP contribution in [0.5, 0.6) is 5.75 Å². The Morgan fingerprint density at radius 3 is 2.24 bits per heavy atom. The lowest BCUT2D eigenvalue weighted by atomic mass is 9.89. The summed E-state index contributed by atoms with van der Waals surface area (Å²) in [7, 11) is 1.63. The topological polar surface area (TPSA) is 38.7 Å². The number of aliphatic hydroxyl groups excluding tert-OH is 1. The van der Waals surface area contributed by atoms with Crippen LogP contribution in [0, 0.1) is 11.7 Å². The quantitative estimate of drug-likeness (QED) is 0.695. The van der Waals surface area contributed by atoms with Crippen LogP contribution in [0.15, 0.2) is 61.2 Å². The molecule has 0 saturated carbocycles. The molecule has 2 rings (SSSR count). The van der Waals surface area contributed by atoms with Crippen LogP contribution in [0.4, 0.5) is 4.39 Å². The summed E-state index contributed by atoms with van der Waals surface area (Å²) in [5.41, 5.74) is 1.98. The molecule has 0 aliphatic carbocycles. The maximum Gasteiger partial charge on any atom is 0.123 e. The van der Waals surface area contributed by atoms with Crippen molar-refractivity contribution in [1.82, 2.24) is 0 Å². The number of aliphatic hydroxyl groups is 1. The highest BCUT2D eigenvalue weighted by atomic mass is 19.1. The Balaban J connectivity index is 2.00. The molecule has 0 fully saturated rings. The van der Waals surface area contributed by atoms with E-state index in [1.165, 1.54) is 18.2 Å². The largest absolute Gasteiger partial charge is 0.497 e. The Morgan fingerprint density at radius 2 is 1.68 bits per heavy atom. The van der Waals surface area contributed by atoms with E-state index in [-0.39, 0.29) is 17.8 Å². The van der Waals surface area contributed by atoms with E-state index in [2.05, 4.69) is 6.58 Å². The molecule has 2 aromatic rings. The summed E-state index contributed by atoms with van der Waals surface area (Å²) in [6.45, 7) is 6.05. The normalized spacial score (nSPS) is 14.6. The molecule has 4 heteroatoms. The average molecular weight is 344 g/mol. The van der Waals surface area contributed by atoms with Gasteiger partial charge >= 0.3 is 0 Å². The Hall–Kier alpha value is -2.17. The van der Waals surface area contributed by atoms with E-state index in [9.17, 15) is 9.50 Å². The highest BCUT2D eigenvalue weighted by Gasteiger charge is 2.24. The molecule has 2 aromatic carbocycles.